The molecule has 1 aliphatic rings. The Kier molecular flexibility index (Phi) is 6.33. The lowest BCUT2D eigenvalue weighted by molar-refractivity contribution is 0.172. The molecule has 0 unspecified atom stereocenters. The van der Waals surface area contributed by atoms with E-state index in [4.69, 9.17) is 4.74 Å². The van der Waals surface area contributed by atoms with Gasteiger partial charge < -0.3 is 15.2 Å². The number of ether oxygens (including phenoxy) is 1. The first-order valence-electron chi connectivity index (χ1n) is 8.04. The fraction of sp³-hybridized carbons (Fsp3) is 0.647. The van der Waals surface area contributed by atoms with Crippen LogP contribution < -0.4 is 10.1 Å². The number of hydrogen-bond acceptors (Lipinski definition) is 4. The maximum absolute atomic E-state index is 9.74. The van der Waals surface area contributed by atoms with E-state index in [0.717, 1.165) is 19.0 Å². The molecule has 0 spiro atoms. The average molecular weight is 292 g/mol. The predicted molar refractivity (Wildman–Crippen MR) is 85.8 cm³/mol. The van der Waals surface area contributed by atoms with E-state index in [2.05, 4.69) is 10.2 Å². The van der Waals surface area contributed by atoms with Crippen LogP contribution >= 0.6 is 0 Å². The maximum Gasteiger partial charge on any atom is 0.161 e. The van der Waals surface area contributed by atoms with Crippen molar-refractivity contribution in [3.63, 3.8) is 0 Å². The number of benzene rings is 1. The molecule has 2 N–H and O–H groups in total. The average Bonchev–Trinajstić information content (AvgIpc) is 2.50. The number of aromatic hydroxyl groups is 1. The summed E-state index contributed by atoms with van der Waals surface area (Å²) in [5.74, 6) is 1.69. The van der Waals surface area contributed by atoms with Crippen LogP contribution in [0.15, 0.2) is 18.2 Å². The van der Waals surface area contributed by atoms with Gasteiger partial charge in [0.1, 0.15) is 0 Å². The van der Waals surface area contributed by atoms with Crippen LogP contribution in [0.1, 0.15) is 31.7 Å². The Labute approximate surface area is 128 Å². The Bertz CT molecular complexity index is 429. The molecule has 0 saturated carbocycles. The number of piperidine rings is 1. The summed E-state index contributed by atoms with van der Waals surface area (Å²) >= 11 is 0. The first-order chi connectivity index (χ1) is 10.2. The molecule has 21 heavy (non-hydrogen) atoms. The topological polar surface area (TPSA) is 44.7 Å². The van der Waals surface area contributed by atoms with Crippen LogP contribution in [-0.4, -0.2) is 43.3 Å². The van der Waals surface area contributed by atoms with E-state index >= 15 is 0 Å². The molecule has 4 heteroatoms. The highest BCUT2D eigenvalue weighted by Gasteiger charge is 2.19. The van der Waals surface area contributed by atoms with Crippen LogP contribution in [0.3, 0.4) is 0 Å². The summed E-state index contributed by atoms with van der Waals surface area (Å²) in [5.41, 5.74) is 1.21. The Morgan fingerprint density at radius 2 is 2.10 bits per heavy atom. The van der Waals surface area contributed by atoms with Crippen LogP contribution in [0.4, 0.5) is 0 Å². The molecule has 1 heterocycles. The van der Waals surface area contributed by atoms with Crippen LogP contribution in [0.5, 0.6) is 11.5 Å². The van der Waals surface area contributed by atoms with Crippen molar-refractivity contribution in [2.24, 2.45) is 5.92 Å². The van der Waals surface area contributed by atoms with Crippen LogP contribution in [0, 0.1) is 5.92 Å². The first-order valence-corrected chi connectivity index (χ1v) is 8.04. The zero-order chi connectivity index (χ0) is 15.1. The van der Waals surface area contributed by atoms with E-state index < -0.39 is 0 Å². The summed E-state index contributed by atoms with van der Waals surface area (Å²) in [6.07, 6.45) is 3.87. The van der Waals surface area contributed by atoms with Crippen molar-refractivity contribution in [2.45, 2.75) is 32.7 Å². The standard InChI is InChI=1S/C17H28N2O2/c1-3-21-17-12-15(4-5-16(17)20)13-19-10-7-14(8-11-19)6-9-18-2/h4-5,12,14,18,20H,3,6-11,13H2,1-2H3. The van der Waals surface area contributed by atoms with E-state index in [1.807, 2.05) is 26.1 Å². The molecule has 1 aliphatic heterocycles. The van der Waals surface area contributed by atoms with Crippen molar-refractivity contribution >= 4 is 0 Å². The van der Waals surface area contributed by atoms with Crippen molar-refractivity contribution < 1.29 is 9.84 Å². The van der Waals surface area contributed by atoms with Crippen molar-refractivity contribution in [1.29, 1.82) is 0 Å². The molecule has 0 aliphatic carbocycles. The van der Waals surface area contributed by atoms with Crippen molar-refractivity contribution in [1.82, 2.24) is 10.2 Å². The summed E-state index contributed by atoms with van der Waals surface area (Å²) in [7, 11) is 2.02. The van der Waals surface area contributed by atoms with Gasteiger partial charge in [-0.25, -0.2) is 0 Å². The van der Waals surface area contributed by atoms with Gasteiger partial charge >= 0.3 is 0 Å². The maximum atomic E-state index is 9.74. The van der Waals surface area contributed by atoms with Gasteiger partial charge in [-0.3, -0.25) is 4.90 Å². The highest BCUT2D eigenvalue weighted by atomic mass is 16.5. The van der Waals surface area contributed by atoms with Gasteiger partial charge in [-0.1, -0.05) is 6.07 Å². The van der Waals surface area contributed by atoms with E-state index in [1.165, 1.54) is 37.9 Å². The molecular formula is C17H28N2O2. The summed E-state index contributed by atoms with van der Waals surface area (Å²) in [4.78, 5) is 2.50. The van der Waals surface area contributed by atoms with Gasteiger partial charge in [-0.15, -0.1) is 0 Å². The lowest BCUT2D eigenvalue weighted by Crippen LogP contribution is -2.34. The molecule has 1 saturated heterocycles. The lowest BCUT2D eigenvalue weighted by Gasteiger charge is -2.32. The second-order valence-electron chi connectivity index (χ2n) is 5.85. The van der Waals surface area contributed by atoms with Crippen LogP contribution in [-0.2, 0) is 6.54 Å². The zero-order valence-corrected chi connectivity index (χ0v) is 13.3. The number of phenolic OH excluding ortho intramolecular Hbond substituents is 1. The Morgan fingerprint density at radius 3 is 2.76 bits per heavy atom. The molecule has 0 bridgehead atoms. The van der Waals surface area contributed by atoms with Gasteiger partial charge in [-0.2, -0.15) is 0 Å². The molecule has 1 fully saturated rings. The monoisotopic (exact) mass is 292 g/mol. The van der Waals surface area contributed by atoms with Crippen molar-refractivity contribution in [3.8, 4) is 11.5 Å². The van der Waals surface area contributed by atoms with Gasteiger partial charge in [0, 0.05) is 6.54 Å². The Hall–Kier alpha value is -1.26. The Balaban J connectivity index is 1.84. The highest BCUT2D eigenvalue weighted by molar-refractivity contribution is 5.41. The van der Waals surface area contributed by atoms with Crippen molar-refractivity contribution in [3.05, 3.63) is 23.8 Å². The number of nitrogens with zero attached hydrogens (tertiary/aromatic N) is 1. The molecule has 1 aromatic rings. The molecule has 2 rings (SSSR count). The minimum Gasteiger partial charge on any atom is -0.504 e. The normalized spacial score (nSPS) is 17.0. The third-order valence-electron chi connectivity index (χ3n) is 4.24. The molecule has 0 amide bonds. The number of phenols is 1. The SMILES string of the molecule is CCOc1cc(CN2CCC(CCNC)CC2)ccc1O. The molecule has 0 radical (unpaired) electrons. The Morgan fingerprint density at radius 1 is 1.33 bits per heavy atom. The van der Waals surface area contributed by atoms with E-state index in [0.29, 0.717) is 12.4 Å². The first kappa shape index (κ1) is 16.1. The van der Waals surface area contributed by atoms with E-state index in [1.54, 1.807) is 6.07 Å². The molecular weight excluding hydrogens is 264 g/mol. The highest BCUT2D eigenvalue weighted by Crippen LogP contribution is 2.28. The fourth-order valence-electron chi connectivity index (χ4n) is 2.97. The van der Waals surface area contributed by atoms with Gasteiger partial charge in [0.05, 0.1) is 6.61 Å². The smallest absolute Gasteiger partial charge is 0.161 e. The molecule has 1 aromatic carbocycles. The third kappa shape index (κ3) is 4.90. The van der Waals surface area contributed by atoms with E-state index in [9.17, 15) is 5.11 Å². The molecule has 0 aromatic heterocycles. The van der Waals surface area contributed by atoms with Crippen LogP contribution in [0.25, 0.3) is 0 Å². The summed E-state index contributed by atoms with van der Waals surface area (Å²) < 4.78 is 5.45. The summed E-state index contributed by atoms with van der Waals surface area (Å²) in [5, 5.41) is 13.0. The van der Waals surface area contributed by atoms with Gasteiger partial charge in [0.2, 0.25) is 0 Å². The second-order valence-corrected chi connectivity index (χ2v) is 5.85. The largest absolute Gasteiger partial charge is 0.504 e. The quantitative estimate of drug-likeness (QED) is 0.811. The minimum atomic E-state index is 0.228. The zero-order valence-electron chi connectivity index (χ0n) is 13.3. The third-order valence-corrected chi connectivity index (χ3v) is 4.24. The van der Waals surface area contributed by atoms with Gasteiger partial charge in [0.15, 0.2) is 11.5 Å². The molecule has 4 nitrogen and oxygen atoms in total. The summed E-state index contributed by atoms with van der Waals surface area (Å²) in [6, 6.07) is 5.69. The van der Waals surface area contributed by atoms with E-state index in [-0.39, 0.29) is 5.75 Å². The van der Waals surface area contributed by atoms with Crippen LogP contribution in [0.2, 0.25) is 0 Å². The molecule has 0 atom stereocenters. The number of likely N-dealkylation sites (tertiary alicyclic amines) is 1. The fourth-order valence-corrected chi connectivity index (χ4v) is 2.97. The summed E-state index contributed by atoms with van der Waals surface area (Å²) in [6.45, 7) is 6.91. The molecule has 118 valence electrons. The number of nitrogens with one attached hydrogen (secondary N) is 1. The van der Waals surface area contributed by atoms with Gasteiger partial charge in [0.25, 0.3) is 0 Å². The number of rotatable bonds is 7. The lowest BCUT2D eigenvalue weighted by atomic mass is 9.93. The number of hydrogen-bond donors (Lipinski definition) is 2. The minimum absolute atomic E-state index is 0.228. The van der Waals surface area contributed by atoms with Gasteiger partial charge in [-0.05, 0) is 76.5 Å². The van der Waals surface area contributed by atoms with Crippen molar-refractivity contribution in [2.75, 3.05) is 33.3 Å². The predicted octanol–water partition coefficient (Wildman–Crippen LogP) is 2.61. The second kappa shape index (κ2) is 8.25.